The van der Waals surface area contributed by atoms with Gasteiger partial charge in [-0.05, 0) is 24.3 Å². The monoisotopic (exact) mass is 258 g/mol. The van der Waals surface area contributed by atoms with Crippen LogP contribution in [0.2, 0.25) is 0 Å². The molecule has 0 unspecified atom stereocenters. The summed E-state index contributed by atoms with van der Waals surface area (Å²) in [5, 5.41) is 11.1. The van der Waals surface area contributed by atoms with Crippen molar-refractivity contribution in [1.29, 1.82) is 0 Å². The number of aromatic carboxylic acids is 1. The predicted octanol–water partition coefficient (Wildman–Crippen LogP) is -4.73. The van der Waals surface area contributed by atoms with Gasteiger partial charge in [0.1, 0.15) is 0 Å². The van der Waals surface area contributed by atoms with Crippen molar-refractivity contribution in [1.82, 2.24) is 0 Å². The van der Waals surface area contributed by atoms with E-state index in [1.165, 1.54) is 24.3 Å². The fourth-order valence-corrected chi connectivity index (χ4v) is 0.990. The molecule has 0 saturated heterocycles. The largest absolute Gasteiger partial charge is 1.00 e. The first-order valence-electron chi connectivity index (χ1n) is 4.28. The van der Waals surface area contributed by atoms with Crippen molar-refractivity contribution in [2.24, 2.45) is 11.5 Å². The number of hydrogen-bond acceptors (Lipinski definition) is 2. The molecular weight excluding hydrogens is 248 g/mol. The molecule has 7 N–H and O–H groups in total. The molecule has 0 aromatic heterocycles. The van der Waals surface area contributed by atoms with E-state index < -0.39 is 12.0 Å². The molecular formula is C9H11ClN4O3. The Kier molecular flexibility index (Phi) is 5.48. The summed E-state index contributed by atoms with van der Waals surface area (Å²) < 4.78 is 0. The number of anilines is 1. The zero-order valence-corrected chi connectivity index (χ0v) is 9.36. The van der Waals surface area contributed by atoms with Gasteiger partial charge in [0.25, 0.3) is 0 Å². The number of carbonyl (C=O) groups excluding carboxylic acids is 1. The van der Waals surface area contributed by atoms with Crippen molar-refractivity contribution in [2.45, 2.75) is 0 Å². The van der Waals surface area contributed by atoms with Crippen LogP contribution >= 0.6 is 0 Å². The van der Waals surface area contributed by atoms with Crippen LogP contribution < -0.4 is 34.2 Å². The Balaban J connectivity index is 0.00000256. The lowest BCUT2D eigenvalue weighted by Crippen LogP contribution is -3.00. The van der Waals surface area contributed by atoms with Gasteiger partial charge in [0.15, 0.2) is 0 Å². The predicted molar refractivity (Wildman–Crippen MR) is 56.8 cm³/mol. The number of urea groups is 1. The summed E-state index contributed by atoms with van der Waals surface area (Å²) in [7, 11) is 0. The fourth-order valence-electron chi connectivity index (χ4n) is 0.990. The van der Waals surface area contributed by atoms with Crippen LogP contribution in [0.1, 0.15) is 10.4 Å². The van der Waals surface area contributed by atoms with E-state index in [2.05, 4.69) is 10.3 Å². The molecule has 0 bridgehead atoms. The van der Waals surface area contributed by atoms with Gasteiger partial charge in [-0.1, -0.05) is 0 Å². The summed E-state index contributed by atoms with van der Waals surface area (Å²) in [6, 6.07) is 5.05. The molecule has 0 atom stereocenters. The standard InChI is InChI=1S/C9H10N4O3.ClH/c10-8(11)13-9(16)12-6-3-1-5(2-4-6)7(14)15;/h1-4H,(H,14,15)(H5,10,11,12,13,16);1H. The number of nitrogens with two attached hydrogens (primary N) is 2. The van der Waals surface area contributed by atoms with Crippen LogP contribution in [0.3, 0.4) is 0 Å². The van der Waals surface area contributed by atoms with Gasteiger partial charge in [-0.15, -0.1) is 0 Å². The average molecular weight is 259 g/mol. The maximum absolute atomic E-state index is 11.1. The Hall–Kier alpha value is -2.28. The molecule has 0 aliphatic carbocycles. The van der Waals surface area contributed by atoms with E-state index in [0.717, 1.165) is 0 Å². The summed E-state index contributed by atoms with van der Waals surface area (Å²) in [4.78, 5) is 23.8. The van der Waals surface area contributed by atoms with Gasteiger partial charge in [-0.25, -0.2) is 14.6 Å². The second-order valence-electron chi connectivity index (χ2n) is 2.92. The van der Waals surface area contributed by atoms with Crippen molar-refractivity contribution in [3.05, 3.63) is 29.8 Å². The Morgan fingerprint density at radius 2 is 1.71 bits per heavy atom. The van der Waals surface area contributed by atoms with Crippen LogP contribution in [0.25, 0.3) is 0 Å². The third-order valence-corrected chi connectivity index (χ3v) is 1.65. The summed E-state index contributed by atoms with van der Waals surface area (Å²) in [5.74, 6) is -1.25. The minimum atomic E-state index is -1.03. The van der Waals surface area contributed by atoms with E-state index in [1.807, 2.05) is 0 Å². The lowest BCUT2D eigenvalue weighted by Gasteiger charge is -1.99. The number of hydrogen-bond donors (Lipinski definition) is 5. The van der Waals surface area contributed by atoms with E-state index in [9.17, 15) is 9.59 Å². The summed E-state index contributed by atoms with van der Waals surface area (Å²) >= 11 is 0. The highest BCUT2D eigenvalue weighted by Gasteiger charge is 2.06. The number of guanidine groups is 1. The van der Waals surface area contributed by atoms with Gasteiger partial charge >= 0.3 is 18.0 Å². The first-order valence-corrected chi connectivity index (χ1v) is 4.28. The van der Waals surface area contributed by atoms with Gasteiger partial charge in [0.2, 0.25) is 0 Å². The van der Waals surface area contributed by atoms with Crippen molar-refractivity contribution < 1.29 is 32.1 Å². The highest BCUT2D eigenvalue weighted by Crippen LogP contribution is 2.08. The van der Waals surface area contributed by atoms with Crippen LogP contribution in [0.15, 0.2) is 24.3 Å². The molecule has 1 aromatic carbocycles. The minimum Gasteiger partial charge on any atom is -1.00 e. The smallest absolute Gasteiger partial charge is 0.411 e. The van der Waals surface area contributed by atoms with Gasteiger partial charge < -0.3 is 29.0 Å². The van der Waals surface area contributed by atoms with E-state index >= 15 is 0 Å². The highest BCUT2D eigenvalue weighted by molar-refractivity contribution is 5.89. The molecule has 7 nitrogen and oxygen atoms in total. The van der Waals surface area contributed by atoms with Crippen molar-refractivity contribution in [3.63, 3.8) is 0 Å². The van der Waals surface area contributed by atoms with Crippen LogP contribution in [0, 0.1) is 0 Å². The number of nitrogens with one attached hydrogen (secondary N) is 2. The zero-order chi connectivity index (χ0) is 12.1. The molecule has 1 rings (SSSR count). The van der Waals surface area contributed by atoms with Crippen LogP contribution in [-0.4, -0.2) is 23.1 Å². The van der Waals surface area contributed by atoms with Crippen LogP contribution in [0.4, 0.5) is 10.5 Å². The first-order chi connectivity index (χ1) is 7.49. The summed E-state index contributed by atoms with van der Waals surface area (Å²) in [6.07, 6.45) is 0. The van der Waals surface area contributed by atoms with Gasteiger partial charge in [0.05, 0.1) is 11.3 Å². The minimum absolute atomic E-state index is 0. The molecule has 0 heterocycles. The molecule has 0 aliphatic rings. The number of rotatable bonds is 2. The van der Waals surface area contributed by atoms with Gasteiger partial charge in [0, 0.05) is 0 Å². The molecule has 92 valence electrons. The maximum atomic E-state index is 11.1. The normalized spacial score (nSPS) is 8.71. The van der Waals surface area contributed by atoms with Crippen LogP contribution in [0.5, 0.6) is 0 Å². The molecule has 2 amide bonds. The van der Waals surface area contributed by atoms with Gasteiger partial charge in [-0.3, -0.25) is 5.32 Å². The number of amides is 2. The van der Waals surface area contributed by atoms with Crippen molar-refractivity contribution in [2.75, 3.05) is 5.32 Å². The summed E-state index contributed by atoms with van der Waals surface area (Å²) in [5.41, 5.74) is 10.7. The Morgan fingerprint density at radius 1 is 1.18 bits per heavy atom. The highest BCUT2D eigenvalue weighted by atomic mass is 35.5. The molecule has 0 radical (unpaired) electrons. The molecule has 1 aromatic rings. The first kappa shape index (κ1) is 14.7. The quantitative estimate of drug-likeness (QED) is 0.268. The average Bonchev–Trinajstić information content (AvgIpc) is 2.16. The number of carbonyl (C=O) groups is 2. The lowest BCUT2D eigenvalue weighted by atomic mass is 10.2. The molecule has 8 heteroatoms. The molecule has 0 saturated carbocycles. The van der Waals surface area contributed by atoms with Crippen LogP contribution in [-0.2, 0) is 0 Å². The second-order valence-corrected chi connectivity index (χ2v) is 2.92. The van der Waals surface area contributed by atoms with Gasteiger partial charge in [-0.2, -0.15) is 0 Å². The Bertz CT molecular complexity index is 440. The third kappa shape index (κ3) is 4.85. The second kappa shape index (κ2) is 6.33. The lowest BCUT2D eigenvalue weighted by molar-refractivity contribution is -0.339. The molecule has 0 aliphatic heterocycles. The van der Waals surface area contributed by atoms with E-state index in [0.29, 0.717) is 5.69 Å². The number of benzene rings is 1. The van der Waals surface area contributed by atoms with E-state index in [1.54, 1.807) is 0 Å². The molecule has 0 fully saturated rings. The van der Waals surface area contributed by atoms with Crippen molar-refractivity contribution in [3.8, 4) is 0 Å². The Morgan fingerprint density at radius 3 is 2.12 bits per heavy atom. The molecule has 0 spiro atoms. The summed E-state index contributed by atoms with van der Waals surface area (Å²) in [6.45, 7) is 0. The Labute approximate surface area is 103 Å². The fraction of sp³-hybridized carbons (Fsp3) is 0. The van der Waals surface area contributed by atoms with E-state index in [-0.39, 0.29) is 23.9 Å². The maximum Gasteiger partial charge on any atom is 0.411 e. The number of halogens is 1. The topological polar surface area (TPSA) is 132 Å². The SMILES string of the molecule is NC(N)=[NH+]C(=O)Nc1ccc(C(=O)O)cc1.[Cl-]. The number of carboxylic acid groups (broad SMARTS) is 1. The number of carboxylic acids is 1. The van der Waals surface area contributed by atoms with Crippen molar-refractivity contribution >= 4 is 23.6 Å². The zero-order valence-electron chi connectivity index (χ0n) is 8.61. The molecule has 17 heavy (non-hydrogen) atoms. The third-order valence-electron chi connectivity index (χ3n) is 1.65. The van der Waals surface area contributed by atoms with E-state index in [4.69, 9.17) is 16.6 Å².